The van der Waals surface area contributed by atoms with Gasteiger partial charge in [0.1, 0.15) is 18.1 Å². The molecule has 0 saturated carbocycles. The smallest absolute Gasteiger partial charge is 0.260 e. The fraction of sp³-hybridized carbons (Fsp3) is 0.222. The van der Waals surface area contributed by atoms with Gasteiger partial charge < -0.3 is 14.4 Å². The van der Waals surface area contributed by atoms with Crippen LogP contribution in [-0.2, 0) is 4.79 Å². The summed E-state index contributed by atoms with van der Waals surface area (Å²) >= 11 is 0. The summed E-state index contributed by atoms with van der Waals surface area (Å²) in [5.41, 5.74) is 0.426. The van der Waals surface area contributed by atoms with Gasteiger partial charge in [-0.1, -0.05) is 30.3 Å². The van der Waals surface area contributed by atoms with E-state index in [-0.39, 0.29) is 12.5 Å². The number of nitrogens with zero attached hydrogens (tertiary/aromatic N) is 1. The van der Waals surface area contributed by atoms with Crippen molar-refractivity contribution in [3.05, 3.63) is 60.2 Å². The SMILES string of the molecule is CN(CCOc1ccccc1)C(=O)COc1ccccc1C=O. The van der Waals surface area contributed by atoms with Gasteiger partial charge >= 0.3 is 0 Å². The zero-order valence-corrected chi connectivity index (χ0v) is 13.0. The number of hydrogen-bond donors (Lipinski definition) is 0. The number of rotatable bonds is 8. The molecular weight excluding hydrogens is 294 g/mol. The Balaban J connectivity index is 1.75. The number of para-hydroxylation sites is 2. The van der Waals surface area contributed by atoms with Crippen molar-refractivity contribution in [2.45, 2.75) is 0 Å². The van der Waals surface area contributed by atoms with E-state index in [4.69, 9.17) is 9.47 Å². The molecule has 0 aliphatic carbocycles. The summed E-state index contributed by atoms with van der Waals surface area (Å²) in [5.74, 6) is 0.997. The van der Waals surface area contributed by atoms with Crippen LogP contribution in [0.3, 0.4) is 0 Å². The fourth-order valence-corrected chi connectivity index (χ4v) is 1.90. The van der Waals surface area contributed by atoms with Gasteiger partial charge in [-0.25, -0.2) is 0 Å². The van der Waals surface area contributed by atoms with Gasteiger partial charge in [0.15, 0.2) is 12.9 Å². The molecule has 0 aromatic heterocycles. The molecule has 1 amide bonds. The van der Waals surface area contributed by atoms with Gasteiger partial charge in [-0.05, 0) is 24.3 Å². The molecule has 0 radical (unpaired) electrons. The van der Waals surface area contributed by atoms with Gasteiger partial charge in [0, 0.05) is 7.05 Å². The zero-order valence-electron chi connectivity index (χ0n) is 13.0. The Labute approximate surface area is 135 Å². The lowest BCUT2D eigenvalue weighted by Crippen LogP contribution is -2.34. The van der Waals surface area contributed by atoms with Gasteiger partial charge in [-0.2, -0.15) is 0 Å². The highest BCUT2D eigenvalue weighted by Crippen LogP contribution is 2.15. The van der Waals surface area contributed by atoms with Crippen molar-refractivity contribution in [2.24, 2.45) is 0 Å². The molecule has 0 unspecified atom stereocenters. The third-order valence-electron chi connectivity index (χ3n) is 3.26. The van der Waals surface area contributed by atoms with Crippen molar-refractivity contribution >= 4 is 12.2 Å². The van der Waals surface area contributed by atoms with Crippen molar-refractivity contribution in [1.29, 1.82) is 0 Å². The first-order valence-corrected chi connectivity index (χ1v) is 7.29. The number of carbonyl (C=O) groups excluding carboxylic acids is 2. The maximum absolute atomic E-state index is 12.0. The van der Waals surface area contributed by atoms with Gasteiger partial charge in [-0.15, -0.1) is 0 Å². The molecule has 0 saturated heterocycles. The Morgan fingerprint density at radius 2 is 1.74 bits per heavy atom. The second-order valence-corrected chi connectivity index (χ2v) is 4.92. The maximum Gasteiger partial charge on any atom is 0.260 e. The second kappa shape index (κ2) is 8.58. The first kappa shape index (κ1) is 16.5. The molecule has 0 aliphatic heterocycles. The van der Waals surface area contributed by atoms with Crippen LogP contribution in [-0.4, -0.2) is 43.9 Å². The summed E-state index contributed by atoms with van der Waals surface area (Å²) in [5, 5.41) is 0. The molecule has 0 heterocycles. The Kier molecular flexibility index (Phi) is 6.17. The average molecular weight is 313 g/mol. The van der Waals surface area contributed by atoms with E-state index in [0.29, 0.717) is 30.8 Å². The number of amides is 1. The predicted octanol–water partition coefficient (Wildman–Crippen LogP) is 2.42. The molecule has 0 atom stereocenters. The highest BCUT2D eigenvalue weighted by molar-refractivity contribution is 5.80. The van der Waals surface area contributed by atoms with E-state index in [9.17, 15) is 9.59 Å². The summed E-state index contributed by atoms with van der Waals surface area (Å²) in [7, 11) is 1.69. The zero-order chi connectivity index (χ0) is 16.5. The molecule has 2 aromatic rings. The molecule has 23 heavy (non-hydrogen) atoms. The second-order valence-electron chi connectivity index (χ2n) is 4.92. The lowest BCUT2D eigenvalue weighted by Gasteiger charge is -2.18. The minimum absolute atomic E-state index is 0.118. The fourth-order valence-electron chi connectivity index (χ4n) is 1.90. The third kappa shape index (κ3) is 5.14. The Hall–Kier alpha value is -2.82. The molecule has 5 heteroatoms. The molecule has 5 nitrogen and oxygen atoms in total. The Morgan fingerprint density at radius 1 is 1.04 bits per heavy atom. The van der Waals surface area contributed by atoms with Crippen molar-refractivity contribution in [2.75, 3.05) is 26.8 Å². The molecule has 0 fully saturated rings. The highest BCUT2D eigenvalue weighted by Gasteiger charge is 2.11. The number of hydrogen-bond acceptors (Lipinski definition) is 4. The first-order chi connectivity index (χ1) is 11.2. The van der Waals surface area contributed by atoms with E-state index < -0.39 is 0 Å². The van der Waals surface area contributed by atoms with Gasteiger partial charge in [-0.3, -0.25) is 9.59 Å². The van der Waals surface area contributed by atoms with Gasteiger partial charge in [0.2, 0.25) is 0 Å². The topological polar surface area (TPSA) is 55.8 Å². The molecule has 0 spiro atoms. The quantitative estimate of drug-likeness (QED) is 0.702. The molecule has 2 aromatic carbocycles. The first-order valence-electron chi connectivity index (χ1n) is 7.29. The summed E-state index contributed by atoms with van der Waals surface area (Å²) in [6.45, 7) is 0.732. The van der Waals surface area contributed by atoms with Crippen LogP contribution < -0.4 is 9.47 Å². The van der Waals surface area contributed by atoms with Crippen LogP contribution >= 0.6 is 0 Å². The third-order valence-corrected chi connectivity index (χ3v) is 3.26. The van der Waals surface area contributed by atoms with E-state index in [1.165, 1.54) is 4.90 Å². The Bertz CT molecular complexity index is 642. The van der Waals surface area contributed by atoms with Gasteiger partial charge in [0.05, 0.1) is 12.1 Å². The van der Waals surface area contributed by atoms with E-state index in [1.807, 2.05) is 30.3 Å². The summed E-state index contributed by atoms with van der Waals surface area (Å²) in [6.07, 6.45) is 0.706. The molecule has 0 N–H and O–H groups in total. The summed E-state index contributed by atoms with van der Waals surface area (Å²) < 4.78 is 11.0. The maximum atomic E-state index is 12.0. The van der Waals surface area contributed by atoms with Crippen LogP contribution in [0.4, 0.5) is 0 Å². The van der Waals surface area contributed by atoms with Crippen molar-refractivity contribution in [1.82, 2.24) is 4.90 Å². The van der Waals surface area contributed by atoms with E-state index >= 15 is 0 Å². The van der Waals surface area contributed by atoms with Crippen LogP contribution in [0.1, 0.15) is 10.4 Å². The van der Waals surface area contributed by atoms with E-state index in [0.717, 1.165) is 5.75 Å². The van der Waals surface area contributed by atoms with Crippen molar-refractivity contribution in [3.8, 4) is 11.5 Å². The summed E-state index contributed by atoms with van der Waals surface area (Å²) in [6, 6.07) is 16.2. The van der Waals surface area contributed by atoms with E-state index in [1.54, 1.807) is 31.3 Å². The Morgan fingerprint density at radius 3 is 2.48 bits per heavy atom. The van der Waals surface area contributed by atoms with Gasteiger partial charge in [0.25, 0.3) is 5.91 Å². The van der Waals surface area contributed by atoms with Crippen molar-refractivity contribution < 1.29 is 19.1 Å². The molecular formula is C18H19NO4. The molecule has 0 aliphatic rings. The van der Waals surface area contributed by atoms with Crippen LogP contribution in [0.25, 0.3) is 0 Å². The van der Waals surface area contributed by atoms with Crippen LogP contribution in [0.15, 0.2) is 54.6 Å². The monoisotopic (exact) mass is 313 g/mol. The lowest BCUT2D eigenvalue weighted by molar-refractivity contribution is -0.132. The number of aldehydes is 1. The lowest BCUT2D eigenvalue weighted by atomic mass is 10.2. The number of benzene rings is 2. The van der Waals surface area contributed by atoms with Crippen LogP contribution in [0.2, 0.25) is 0 Å². The number of carbonyl (C=O) groups is 2. The molecule has 0 bridgehead atoms. The minimum atomic E-state index is -0.178. The minimum Gasteiger partial charge on any atom is -0.492 e. The summed E-state index contributed by atoms with van der Waals surface area (Å²) in [4.78, 5) is 24.4. The standard InChI is InChI=1S/C18H19NO4/c1-19(11-12-22-16-8-3-2-4-9-16)18(21)14-23-17-10-6-5-7-15(17)13-20/h2-10,13H,11-12,14H2,1H3. The highest BCUT2D eigenvalue weighted by atomic mass is 16.5. The number of ether oxygens (including phenoxy) is 2. The van der Waals surface area contributed by atoms with Crippen LogP contribution in [0, 0.1) is 0 Å². The normalized spacial score (nSPS) is 9.96. The predicted molar refractivity (Wildman–Crippen MR) is 86.9 cm³/mol. The van der Waals surface area contributed by atoms with Crippen LogP contribution in [0.5, 0.6) is 11.5 Å². The van der Waals surface area contributed by atoms with Crippen molar-refractivity contribution in [3.63, 3.8) is 0 Å². The average Bonchev–Trinajstić information content (AvgIpc) is 2.60. The van der Waals surface area contributed by atoms with E-state index in [2.05, 4.69) is 0 Å². The molecule has 120 valence electrons. The largest absolute Gasteiger partial charge is 0.492 e. The molecule has 2 rings (SSSR count). The number of likely N-dealkylation sites (N-methyl/N-ethyl adjacent to an activating group) is 1.